The number of nitrogens with one attached hydrogen (secondary N) is 1. The van der Waals surface area contributed by atoms with Gasteiger partial charge in [0.2, 0.25) is 10.0 Å². The second-order valence-electron chi connectivity index (χ2n) is 11.4. The first kappa shape index (κ1) is 31.7. The van der Waals surface area contributed by atoms with Gasteiger partial charge in [-0.2, -0.15) is 4.31 Å². The standard InChI is InChI=1S/C33H44N6O4S/c1-5-8-9-11-14-25(6-2)32-34-24(4)30-33(40)35-31(36-39(30)32)28-23-27(17-18-29(28)43-7-3)44(41,42)38-21-19-37(20-22-38)26-15-12-10-13-16-26/h10,12-13,15-18,23,25H,5-9,11,14,19-22H2,1-4H3,(H,35,36,40). The SMILES string of the molecule is CCCCCCC(CC)c1nc(C)c2c(=O)[nH]c(-c3cc(S(=O)(=O)N4CCN(c5ccccc5)CC4)ccc3OCC)nn12. The van der Waals surface area contributed by atoms with Crippen molar-refractivity contribution in [2.45, 2.75) is 77.0 Å². The van der Waals surface area contributed by atoms with E-state index >= 15 is 0 Å². The molecule has 2 aromatic carbocycles. The number of imidazole rings is 1. The summed E-state index contributed by atoms with van der Waals surface area (Å²) in [5, 5.41) is 4.87. The highest BCUT2D eigenvalue weighted by molar-refractivity contribution is 7.89. The Morgan fingerprint density at radius 2 is 1.73 bits per heavy atom. The van der Waals surface area contributed by atoms with Crippen LogP contribution in [0.15, 0.2) is 58.2 Å². The van der Waals surface area contributed by atoms with Crippen molar-refractivity contribution in [1.82, 2.24) is 23.9 Å². The second kappa shape index (κ2) is 13.9. The van der Waals surface area contributed by atoms with Crippen LogP contribution in [0.25, 0.3) is 16.9 Å². The molecule has 1 unspecified atom stereocenters. The van der Waals surface area contributed by atoms with Crippen molar-refractivity contribution < 1.29 is 13.2 Å². The number of hydrogen-bond donors (Lipinski definition) is 1. The maximum atomic E-state index is 13.9. The van der Waals surface area contributed by atoms with Gasteiger partial charge in [-0.1, -0.05) is 57.7 Å². The van der Waals surface area contributed by atoms with E-state index < -0.39 is 10.0 Å². The van der Waals surface area contributed by atoms with Gasteiger partial charge in [-0.25, -0.2) is 17.9 Å². The Bertz CT molecular complexity index is 1730. The molecule has 2 aromatic heterocycles. The van der Waals surface area contributed by atoms with Crippen LogP contribution in [0.4, 0.5) is 5.69 Å². The third kappa shape index (κ3) is 6.53. The van der Waals surface area contributed by atoms with E-state index in [-0.39, 0.29) is 22.2 Å². The highest BCUT2D eigenvalue weighted by Crippen LogP contribution is 2.33. The number of para-hydroxylation sites is 1. The van der Waals surface area contributed by atoms with Crippen LogP contribution in [0.5, 0.6) is 5.75 Å². The predicted molar refractivity (Wildman–Crippen MR) is 174 cm³/mol. The van der Waals surface area contributed by atoms with Crippen LogP contribution in [0, 0.1) is 6.92 Å². The number of aryl methyl sites for hydroxylation is 1. The van der Waals surface area contributed by atoms with Crippen LogP contribution in [0.3, 0.4) is 0 Å². The van der Waals surface area contributed by atoms with Crippen molar-refractivity contribution in [3.63, 3.8) is 0 Å². The van der Waals surface area contributed by atoms with Gasteiger partial charge in [0.15, 0.2) is 11.3 Å². The molecule has 0 radical (unpaired) electrons. The molecule has 1 aliphatic rings. The van der Waals surface area contributed by atoms with Gasteiger partial charge in [0.05, 0.1) is 22.8 Å². The number of fused-ring (bicyclic) bond motifs is 1. The zero-order valence-corrected chi connectivity index (χ0v) is 27.1. The number of benzene rings is 2. The van der Waals surface area contributed by atoms with Gasteiger partial charge >= 0.3 is 0 Å². The minimum absolute atomic E-state index is 0.135. The minimum Gasteiger partial charge on any atom is -0.493 e. The lowest BCUT2D eigenvalue weighted by molar-refractivity contribution is 0.341. The van der Waals surface area contributed by atoms with Crippen LogP contribution < -0.4 is 15.2 Å². The van der Waals surface area contributed by atoms with Gasteiger partial charge in [-0.15, -0.1) is 5.10 Å². The van der Waals surface area contributed by atoms with Gasteiger partial charge < -0.3 is 14.6 Å². The average Bonchev–Trinajstić information content (AvgIpc) is 3.38. The maximum absolute atomic E-state index is 13.9. The molecule has 0 bridgehead atoms. The Morgan fingerprint density at radius 1 is 0.977 bits per heavy atom. The fourth-order valence-electron chi connectivity index (χ4n) is 6.02. The third-order valence-electron chi connectivity index (χ3n) is 8.47. The summed E-state index contributed by atoms with van der Waals surface area (Å²) in [6, 6.07) is 14.8. The zero-order valence-electron chi connectivity index (χ0n) is 26.3. The molecule has 5 rings (SSSR count). The number of nitrogens with zero attached hydrogens (tertiary/aromatic N) is 5. The number of sulfonamides is 1. The predicted octanol–water partition coefficient (Wildman–Crippen LogP) is 5.77. The molecular formula is C33H44N6O4S. The Hall–Kier alpha value is -3.70. The lowest BCUT2D eigenvalue weighted by atomic mass is 9.97. The topological polar surface area (TPSA) is 113 Å². The van der Waals surface area contributed by atoms with E-state index in [0.29, 0.717) is 55.3 Å². The Kier molecular flexibility index (Phi) is 10.1. The van der Waals surface area contributed by atoms with E-state index in [1.54, 1.807) is 22.7 Å². The number of H-pyrrole nitrogens is 1. The molecule has 10 nitrogen and oxygen atoms in total. The van der Waals surface area contributed by atoms with Crippen LogP contribution in [-0.2, 0) is 10.0 Å². The van der Waals surface area contributed by atoms with Crippen molar-refractivity contribution in [3.8, 4) is 17.1 Å². The molecule has 0 aliphatic carbocycles. The second-order valence-corrected chi connectivity index (χ2v) is 13.3. The summed E-state index contributed by atoms with van der Waals surface area (Å²) in [6.45, 7) is 10.3. The number of anilines is 1. The summed E-state index contributed by atoms with van der Waals surface area (Å²) in [4.78, 5) is 23.5. The summed E-state index contributed by atoms with van der Waals surface area (Å²) in [5.74, 6) is 1.62. The fraction of sp³-hybridized carbons (Fsp3) is 0.485. The number of aromatic nitrogens is 4. The number of rotatable bonds is 13. The van der Waals surface area contributed by atoms with Crippen LogP contribution in [0.1, 0.15) is 76.7 Å². The third-order valence-corrected chi connectivity index (χ3v) is 10.4. The lowest BCUT2D eigenvalue weighted by Gasteiger charge is -2.35. The normalized spacial score (nSPS) is 15.1. The Labute approximate surface area is 260 Å². The van der Waals surface area contributed by atoms with Crippen molar-refractivity contribution in [2.75, 3.05) is 37.7 Å². The first-order chi connectivity index (χ1) is 21.3. The Morgan fingerprint density at radius 3 is 2.41 bits per heavy atom. The lowest BCUT2D eigenvalue weighted by Crippen LogP contribution is -2.48. The quantitative estimate of drug-likeness (QED) is 0.189. The van der Waals surface area contributed by atoms with Crippen molar-refractivity contribution in [3.05, 3.63) is 70.4 Å². The molecule has 11 heteroatoms. The fourth-order valence-corrected chi connectivity index (χ4v) is 7.47. The molecule has 4 aromatic rings. The highest BCUT2D eigenvalue weighted by Gasteiger charge is 2.30. The molecule has 0 amide bonds. The molecule has 3 heterocycles. The molecule has 1 N–H and O–H groups in total. The van der Waals surface area contributed by atoms with Crippen LogP contribution in [0.2, 0.25) is 0 Å². The van der Waals surface area contributed by atoms with Gasteiger partial charge in [0, 0.05) is 37.8 Å². The molecule has 1 aliphatic heterocycles. The van der Waals surface area contributed by atoms with Crippen molar-refractivity contribution in [1.29, 1.82) is 0 Å². The summed E-state index contributed by atoms with van der Waals surface area (Å²) >= 11 is 0. The summed E-state index contributed by atoms with van der Waals surface area (Å²) < 4.78 is 36.8. The maximum Gasteiger partial charge on any atom is 0.277 e. The van der Waals surface area contributed by atoms with Gasteiger partial charge in [-0.3, -0.25) is 4.79 Å². The molecule has 1 saturated heterocycles. The highest BCUT2D eigenvalue weighted by atomic mass is 32.2. The van der Waals surface area contributed by atoms with Crippen LogP contribution >= 0.6 is 0 Å². The number of unbranched alkanes of at least 4 members (excludes halogenated alkanes) is 3. The number of piperazine rings is 1. The van der Waals surface area contributed by atoms with Gasteiger partial charge in [0.25, 0.3) is 5.56 Å². The van der Waals surface area contributed by atoms with Crippen molar-refractivity contribution in [2.24, 2.45) is 0 Å². The minimum atomic E-state index is -3.81. The van der Waals surface area contributed by atoms with Gasteiger partial charge in [0.1, 0.15) is 11.6 Å². The average molecular weight is 621 g/mol. The van der Waals surface area contributed by atoms with E-state index in [0.717, 1.165) is 37.2 Å². The molecule has 1 atom stereocenters. The van der Waals surface area contributed by atoms with E-state index in [9.17, 15) is 13.2 Å². The monoisotopic (exact) mass is 620 g/mol. The number of hydrogen-bond acceptors (Lipinski definition) is 7. The smallest absolute Gasteiger partial charge is 0.277 e. The first-order valence-electron chi connectivity index (χ1n) is 15.8. The van der Waals surface area contributed by atoms with E-state index in [2.05, 4.69) is 23.7 Å². The van der Waals surface area contributed by atoms with Crippen LogP contribution in [-0.4, -0.2) is 65.1 Å². The van der Waals surface area contributed by atoms with E-state index in [4.69, 9.17) is 14.8 Å². The number of ether oxygens (including phenoxy) is 1. The van der Waals surface area contributed by atoms with Gasteiger partial charge in [-0.05, 0) is 57.0 Å². The molecule has 1 fully saturated rings. The van der Waals surface area contributed by atoms with E-state index in [1.807, 2.05) is 44.2 Å². The zero-order chi connectivity index (χ0) is 31.3. The number of aromatic amines is 1. The van der Waals surface area contributed by atoms with Crippen molar-refractivity contribution >= 4 is 21.2 Å². The summed E-state index contributed by atoms with van der Waals surface area (Å²) in [5.41, 5.74) is 2.22. The van der Waals surface area contributed by atoms with E-state index in [1.165, 1.54) is 17.1 Å². The molecule has 0 saturated carbocycles. The molecule has 236 valence electrons. The largest absolute Gasteiger partial charge is 0.493 e. The summed E-state index contributed by atoms with van der Waals surface area (Å²) in [6.07, 6.45) is 6.46. The summed E-state index contributed by atoms with van der Waals surface area (Å²) in [7, 11) is -3.81. The molecule has 0 spiro atoms. The first-order valence-corrected chi connectivity index (χ1v) is 17.3. The molecular weight excluding hydrogens is 576 g/mol. The molecule has 44 heavy (non-hydrogen) atoms. The Balaban J connectivity index is 1.49.